The van der Waals surface area contributed by atoms with Gasteiger partial charge in [-0.05, 0) is 55.0 Å². The van der Waals surface area contributed by atoms with Gasteiger partial charge in [0.1, 0.15) is 0 Å². The van der Waals surface area contributed by atoms with Gasteiger partial charge in [-0.15, -0.1) is 0 Å². The Labute approximate surface area is 188 Å². The zero-order valence-electron chi connectivity index (χ0n) is 17.2. The number of pyridine rings is 1. The number of H-pyrrole nitrogens is 1. The summed E-state index contributed by atoms with van der Waals surface area (Å²) in [7, 11) is 0. The summed E-state index contributed by atoms with van der Waals surface area (Å²) in [5.74, 6) is -0.191. The van der Waals surface area contributed by atoms with E-state index in [1.807, 2.05) is 31.2 Å². The van der Waals surface area contributed by atoms with Gasteiger partial charge >= 0.3 is 0 Å². The topological polar surface area (TPSA) is 79.8 Å². The van der Waals surface area contributed by atoms with Crippen LogP contribution in [0.4, 0.5) is 0 Å². The molecule has 5 rings (SSSR count). The molecule has 1 amide bonds. The van der Waals surface area contributed by atoms with E-state index in [2.05, 4.69) is 15.4 Å². The molecule has 32 heavy (non-hydrogen) atoms. The molecule has 158 valence electrons. The molecule has 2 heterocycles. The molecule has 0 saturated heterocycles. The second-order valence-corrected chi connectivity index (χ2v) is 8.11. The number of rotatable bonds is 4. The molecule has 0 aliphatic heterocycles. The Hall–Kier alpha value is -3.90. The number of carbonyl (C=O) groups excluding carboxylic acids is 1. The van der Waals surface area contributed by atoms with Gasteiger partial charge < -0.3 is 5.32 Å². The van der Waals surface area contributed by atoms with Gasteiger partial charge in [0.15, 0.2) is 0 Å². The number of nitrogens with one attached hydrogen (secondary N) is 2. The second kappa shape index (κ2) is 7.98. The first-order chi connectivity index (χ1) is 15.5. The summed E-state index contributed by atoms with van der Waals surface area (Å²) in [6.45, 7) is 2.46. The molecule has 0 atom stereocenters. The van der Waals surface area contributed by atoms with Gasteiger partial charge in [0.05, 0.1) is 22.1 Å². The highest BCUT2D eigenvalue weighted by Crippen LogP contribution is 2.23. The van der Waals surface area contributed by atoms with E-state index in [1.165, 1.54) is 10.2 Å². The van der Waals surface area contributed by atoms with E-state index in [9.17, 15) is 9.59 Å². The van der Waals surface area contributed by atoms with Crippen LogP contribution < -0.4 is 10.9 Å². The number of aromatic nitrogens is 3. The maximum absolute atomic E-state index is 12.9. The van der Waals surface area contributed by atoms with Gasteiger partial charge in [-0.2, -0.15) is 0 Å². The fourth-order valence-corrected chi connectivity index (χ4v) is 3.79. The van der Waals surface area contributed by atoms with Crippen molar-refractivity contribution in [2.75, 3.05) is 0 Å². The summed E-state index contributed by atoms with van der Waals surface area (Å²) in [5.41, 5.74) is 4.46. The quantitative estimate of drug-likeness (QED) is 0.421. The fraction of sp³-hybridized carbons (Fsp3) is 0.0800. The van der Waals surface area contributed by atoms with Crippen LogP contribution in [0, 0.1) is 6.92 Å². The lowest BCUT2D eigenvalue weighted by Gasteiger charge is -2.07. The van der Waals surface area contributed by atoms with E-state index in [-0.39, 0.29) is 11.5 Å². The number of hydrogen-bond acceptors (Lipinski definition) is 3. The Balaban J connectivity index is 1.52. The van der Waals surface area contributed by atoms with Crippen molar-refractivity contribution in [1.29, 1.82) is 0 Å². The summed E-state index contributed by atoms with van der Waals surface area (Å²) in [6, 6.07) is 20.3. The smallest absolute Gasteiger partial charge is 0.280 e. The predicted molar refractivity (Wildman–Crippen MR) is 127 cm³/mol. The molecule has 5 aromatic rings. The van der Waals surface area contributed by atoms with Crippen LogP contribution in [-0.4, -0.2) is 20.7 Å². The Morgan fingerprint density at radius 3 is 2.53 bits per heavy atom. The van der Waals surface area contributed by atoms with Crippen molar-refractivity contribution >= 4 is 39.3 Å². The number of aromatic amines is 1. The highest BCUT2D eigenvalue weighted by molar-refractivity contribution is 6.30. The minimum absolute atomic E-state index is 0.191. The van der Waals surface area contributed by atoms with Gasteiger partial charge in [-0.3, -0.25) is 19.7 Å². The number of benzene rings is 3. The van der Waals surface area contributed by atoms with Crippen molar-refractivity contribution in [3.8, 4) is 5.69 Å². The Morgan fingerprint density at radius 1 is 1.03 bits per heavy atom. The monoisotopic (exact) mass is 442 g/mol. The van der Waals surface area contributed by atoms with E-state index in [4.69, 9.17) is 11.6 Å². The summed E-state index contributed by atoms with van der Waals surface area (Å²) < 4.78 is 1.45. The molecule has 7 heteroatoms. The summed E-state index contributed by atoms with van der Waals surface area (Å²) in [4.78, 5) is 30.1. The Bertz CT molecular complexity index is 1520. The Morgan fingerprint density at radius 2 is 1.78 bits per heavy atom. The first-order valence-corrected chi connectivity index (χ1v) is 10.5. The highest BCUT2D eigenvalue weighted by Gasteiger charge is 2.14. The van der Waals surface area contributed by atoms with Gasteiger partial charge in [0.25, 0.3) is 11.5 Å². The number of nitrogens with zero attached hydrogens (tertiary/aromatic N) is 2. The minimum Gasteiger partial charge on any atom is -0.348 e. The van der Waals surface area contributed by atoms with Gasteiger partial charge in [0.2, 0.25) is 0 Å². The van der Waals surface area contributed by atoms with Crippen molar-refractivity contribution in [2.24, 2.45) is 0 Å². The average molecular weight is 443 g/mol. The van der Waals surface area contributed by atoms with E-state index < -0.39 is 0 Å². The third-order valence-corrected chi connectivity index (χ3v) is 5.70. The first kappa shape index (κ1) is 20.0. The molecule has 0 radical (unpaired) electrons. The molecule has 0 bridgehead atoms. The lowest BCUT2D eigenvalue weighted by molar-refractivity contribution is 0.0951. The molecule has 6 nitrogen and oxygen atoms in total. The molecule has 3 aromatic carbocycles. The number of fused-ring (bicyclic) bond motifs is 3. The van der Waals surface area contributed by atoms with Crippen LogP contribution >= 0.6 is 11.6 Å². The van der Waals surface area contributed by atoms with Crippen LogP contribution in [0.3, 0.4) is 0 Å². The zero-order chi connectivity index (χ0) is 22.2. The Kier molecular flexibility index (Phi) is 4.99. The van der Waals surface area contributed by atoms with Crippen LogP contribution in [0.5, 0.6) is 0 Å². The molecular formula is C25H19ClN4O2. The molecule has 0 unspecified atom stereocenters. The van der Waals surface area contributed by atoms with Gasteiger partial charge in [-0.1, -0.05) is 41.4 Å². The van der Waals surface area contributed by atoms with Gasteiger partial charge in [-0.25, -0.2) is 4.68 Å². The summed E-state index contributed by atoms with van der Waals surface area (Å²) in [5, 5.41) is 7.85. The fourth-order valence-electron chi connectivity index (χ4n) is 3.66. The predicted octanol–water partition coefficient (Wildman–Crippen LogP) is 4.76. The van der Waals surface area contributed by atoms with Crippen LogP contribution in [0.1, 0.15) is 21.5 Å². The first-order valence-electron chi connectivity index (χ1n) is 10.1. The standard InChI is InChI=1S/C25H19ClN4O2/c1-15-2-4-16(5-3-15)13-28-24(31)17-6-11-22-20(12-17)23-21(14-27-22)25(32)30(29-23)19-9-7-18(26)8-10-19/h2-12,14,29H,13H2,1H3,(H,28,31). The van der Waals surface area contributed by atoms with Crippen molar-refractivity contribution < 1.29 is 4.79 Å². The van der Waals surface area contributed by atoms with Crippen molar-refractivity contribution in [3.63, 3.8) is 0 Å². The molecule has 0 aliphatic rings. The highest BCUT2D eigenvalue weighted by atomic mass is 35.5. The van der Waals surface area contributed by atoms with Crippen LogP contribution in [0.15, 0.2) is 77.7 Å². The molecule has 0 saturated carbocycles. The number of amides is 1. The lowest BCUT2D eigenvalue weighted by Crippen LogP contribution is -2.22. The average Bonchev–Trinajstić information content (AvgIpc) is 3.15. The normalized spacial score (nSPS) is 11.2. The van der Waals surface area contributed by atoms with Crippen LogP contribution in [0.2, 0.25) is 5.02 Å². The van der Waals surface area contributed by atoms with E-state index in [0.717, 1.165) is 5.56 Å². The summed E-state index contributed by atoms with van der Waals surface area (Å²) in [6.07, 6.45) is 1.56. The SMILES string of the molecule is Cc1ccc(CNC(=O)c2ccc3ncc4c(=O)n(-c5ccc(Cl)cc5)[nH]c4c3c2)cc1. The van der Waals surface area contributed by atoms with Gasteiger partial charge in [0, 0.05) is 28.7 Å². The number of halogens is 1. The van der Waals surface area contributed by atoms with Crippen LogP contribution in [-0.2, 0) is 6.54 Å². The maximum atomic E-state index is 12.9. The molecule has 0 spiro atoms. The second-order valence-electron chi connectivity index (χ2n) is 7.68. The minimum atomic E-state index is -0.217. The third-order valence-electron chi connectivity index (χ3n) is 5.45. The molecule has 2 N–H and O–H groups in total. The lowest BCUT2D eigenvalue weighted by atomic mass is 10.1. The van der Waals surface area contributed by atoms with E-state index in [1.54, 1.807) is 48.7 Å². The molecule has 0 aliphatic carbocycles. The maximum Gasteiger partial charge on any atom is 0.280 e. The summed E-state index contributed by atoms with van der Waals surface area (Å²) >= 11 is 5.97. The number of aryl methyl sites for hydroxylation is 1. The van der Waals surface area contributed by atoms with Crippen molar-refractivity contribution in [1.82, 2.24) is 20.1 Å². The largest absolute Gasteiger partial charge is 0.348 e. The van der Waals surface area contributed by atoms with E-state index in [0.29, 0.717) is 44.6 Å². The number of carbonyl (C=O) groups is 1. The van der Waals surface area contributed by atoms with Crippen molar-refractivity contribution in [2.45, 2.75) is 13.5 Å². The zero-order valence-corrected chi connectivity index (χ0v) is 18.0. The van der Waals surface area contributed by atoms with Crippen molar-refractivity contribution in [3.05, 3.63) is 105 Å². The molecule has 2 aromatic heterocycles. The molecule has 0 fully saturated rings. The number of hydrogen-bond donors (Lipinski definition) is 2. The third kappa shape index (κ3) is 3.65. The van der Waals surface area contributed by atoms with Crippen LogP contribution in [0.25, 0.3) is 27.5 Å². The molecular weight excluding hydrogens is 424 g/mol. The van der Waals surface area contributed by atoms with E-state index >= 15 is 0 Å².